The molecule has 29 heavy (non-hydrogen) atoms. The van der Waals surface area contributed by atoms with Crippen molar-refractivity contribution in [3.8, 4) is 0 Å². The summed E-state index contributed by atoms with van der Waals surface area (Å²) in [7, 11) is 0. The van der Waals surface area contributed by atoms with Crippen molar-refractivity contribution in [2.45, 2.75) is 44.0 Å². The van der Waals surface area contributed by atoms with Crippen LogP contribution in [0, 0.1) is 0 Å². The van der Waals surface area contributed by atoms with Crippen molar-refractivity contribution in [2.75, 3.05) is 4.90 Å². The van der Waals surface area contributed by atoms with Gasteiger partial charge in [-0.2, -0.15) is 0 Å². The van der Waals surface area contributed by atoms with Gasteiger partial charge in [0.15, 0.2) is 0 Å². The molecular weight excluding hydrogens is 418 g/mol. The molecule has 2 aromatic carbocycles. The average molecular weight is 446 g/mol. The predicted molar refractivity (Wildman–Crippen MR) is 130 cm³/mol. The lowest BCUT2D eigenvalue weighted by Crippen LogP contribution is -2.42. The summed E-state index contributed by atoms with van der Waals surface area (Å²) in [5.41, 5.74) is 7.84. The first-order chi connectivity index (χ1) is 14.0. The Morgan fingerprint density at radius 2 is 1.62 bits per heavy atom. The molecule has 4 rings (SSSR count). The standard InChI is InChI=1S/C27H28BrN/c1-20-19-26(28)21(2)18-25(20)22-12-14-24(15-13-22)29(23-10-6-4-7-11-23)27(3)16-8-5-9-17-27/h4-16,18,26H,17,19H2,1-3H3. The van der Waals surface area contributed by atoms with Crippen molar-refractivity contribution in [3.63, 3.8) is 0 Å². The molecule has 148 valence electrons. The summed E-state index contributed by atoms with van der Waals surface area (Å²) < 4.78 is 0. The Kier molecular flexibility index (Phi) is 5.65. The summed E-state index contributed by atoms with van der Waals surface area (Å²) in [4.78, 5) is 2.92. The Morgan fingerprint density at radius 1 is 0.931 bits per heavy atom. The van der Waals surface area contributed by atoms with Crippen molar-refractivity contribution >= 4 is 32.9 Å². The molecule has 2 unspecified atom stereocenters. The number of halogens is 1. The quantitative estimate of drug-likeness (QED) is 0.430. The van der Waals surface area contributed by atoms with Crippen LogP contribution >= 0.6 is 15.9 Å². The van der Waals surface area contributed by atoms with E-state index in [1.54, 1.807) is 0 Å². The second-order valence-corrected chi connectivity index (χ2v) is 9.43. The fraction of sp³-hybridized carbons (Fsp3) is 0.259. The zero-order chi connectivity index (χ0) is 20.4. The predicted octanol–water partition coefficient (Wildman–Crippen LogP) is 7.99. The number of rotatable bonds is 4. The zero-order valence-electron chi connectivity index (χ0n) is 17.4. The van der Waals surface area contributed by atoms with Gasteiger partial charge in [-0.05, 0) is 69.0 Å². The van der Waals surface area contributed by atoms with Crippen LogP contribution in [-0.4, -0.2) is 10.4 Å². The van der Waals surface area contributed by atoms with Crippen LogP contribution in [0.1, 0.15) is 39.2 Å². The summed E-state index contributed by atoms with van der Waals surface area (Å²) in [5, 5.41) is 0. The Balaban J connectivity index is 1.73. The summed E-state index contributed by atoms with van der Waals surface area (Å²) in [6, 6.07) is 19.8. The van der Waals surface area contributed by atoms with Crippen molar-refractivity contribution in [2.24, 2.45) is 0 Å². The monoisotopic (exact) mass is 445 g/mol. The van der Waals surface area contributed by atoms with Crippen LogP contribution in [0.5, 0.6) is 0 Å². The normalized spacial score (nSPS) is 23.9. The highest BCUT2D eigenvalue weighted by molar-refractivity contribution is 9.09. The maximum Gasteiger partial charge on any atom is 0.0642 e. The van der Waals surface area contributed by atoms with E-state index in [-0.39, 0.29) is 5.54 Å². The highest BCUT2D eigenvalue weighted by Gasteiger charge is 2.30. The lowest BCUT2D eigenvalue weighted by Gasteiger charge is -2.42. The summed E-state index contributed by atoms with van der Waals surface area (Å²) in [5.74, 6) is 0. The first kappa shape index (κ1) is 20.0. The average Bonchev–Trinajstić information content (AvgIpc) is 2.73. The van der Waals surface area contributed by atoms with E-state index in [0.29, 0.717) is 4.83 Å². The van der Waals surface area contributed by atoms with Gasteiger partial charge in [-0.15, -0.1) is 0 Å². The third kappa shape index (κ3) is 4.04. The number of para-hydroxylation sites is 1. The fourth-order valence-electron chi connectivity index (χ4n) is 4.30. The highest BCUT2D eigenvalue weighted by Crippen LogP contribution is 2.39. The van der Waals surface area contributed by atoms with Gasteiger partial charge in [0.1, 0.15) is 0 Å². The molecule has 0 radical (unpaired) electrons. The largest absolute Gasteiger partial charge is 0.332 e. The smallest absolute Gasteiger partial charge is 0.0642 e. The molecule has 0 amide bonds. The molecule has 0 heterocycles. The first-order valence-electron chi connectivity index (χ1n) is 10.3. The lowest BCUT2D eigenvalue weighted by atomic mass is 9.88. The molecule has 0 bridgehead atoms. The highest BCUT2D eigenvalue weighted by atomic mass is 79.9. The minimum absolute atomic E-state index is 0.0860. The Bertz CT molecular complexity index is 995. The number of anilines is 2. The van der Waals surface area contributed by atoms with E-state index in [9.17, 15) is 0 Å². The van der Waals surface area contributed by atoms with Crippen molar-refractivity contribution in [3.05, 3.63) is 102 Å². The van der Waals surface area contributed by atoms with Crippen LogP contribution in [0.25, 0.3) is 5.57 Å². The molecule has 2 aliphatic rings. The van der Waals surface area contributed by atoms with Crippen molar-refractivity contribution < 1.29 is 0 Å². The molecule has 0 saturated carbocycles. The van der Waals surface area contributed by atoms with Crippen molar-refractivity contribution in [1.82, 2.24) is 0 Å². The molecule has 0 fully saturated rings. The van der Waals surface area contributed by atoms with Crippen molar-refractivity contribution in [1.29, 1.82) is 0 Å². The molecular formula is C27H28BrN. The number of nitrogens with zero attached hydrogens (tertiary/aromatic N) is 1. The maximum absolute atomic E-state index is 3.78. The van der Waals surface area contributed by atoms with E-state index in [1.807, 2.05) is 0 Å². The molecule has 0 spiro atoms. The lowest BCUT2D eigenvalue weighted by molar-refractivity contribution is 0.570. The molecule has 0 N–H and O–H groups in total. The Morgan fingerprint density at radius 3 is 2.28 bits per heavy atom. The summed E-state index contributed by atoms with van der Waals surface area (Å²) in [6.07, 6.45) is 13.3. The maximum atomic E-state index is 3.78. The van der Waals surface area contributed by atoms with Crippen LogP contribution < -0.4 is 4.90 Å². The number of benzene rings is 2. The summed E-state index contributed by atoms with van der Waals surface area (Å²) in [6.45, 7) is 6.77. The number of alkyl halides is 1. The van der Waals surface area contributed by atoms with Gasteiger partial charge in [0.05, 0.1) is 5.54 Å². The van der Waals surface area contributed by atoms with Crippen LogP contribution in [-0.2, 0) is 0 Å². The molecule has 2 aromatic rings. The SMILES string of the molecule is CC1=CC(c2ccc(N(c3ccccc3)C3(C)C=CC=CC3)cc2)=C(C)CC1Br. The number of hydrogen-bond acceptors (Lipinski definition) is 1. The van der Waals surface area contributed by atoms with Gasteiger partial charge in [0.2, 0.25) is 0 Å². The van der Waals surface area contributed by atoms with E-state index in [4.69, 9.17) is 0 Å². The third-order valence-electron chi connectivity index (χ3n) is 6.01. The van der Waals surface area contributed by atoms with Gasteiger partial charge < -0.3 is 4.90 Å². The van der Waals surface area contributed by atoms with Gasteiger partial charge in [-0.1, -0.05) is 87.8 Å². The third-order valence-corrected chi connectivity index (χ3v) is 7.05. The van der Waals surface area contributed by atoms with Gasteiger partial charge in [-0.25, -0.2) is 0 Å². The molecule has 0 aromatic heterocycles. The molecule has 1 nitrogen and oxygen atoms in total. The number of hydrogen-bond donors (Lipinski definition) is 0. The van der Waals surface area contributed by atoms with Crippen LogP contribution in [0.15, 0.2) is 96.1 Å². The second kappa shape index (κ2) is 8.20. The van der Waals surface area contributed by atoms with Crippen LogP contribution in [0.3, 0.4) is 0 Å². The van der Waals surface area contributed by atoms with E-state index in [2.05, 4.69) is 127 Å². The fourth-order valence-corrected chi connectivity index (χ4v) is 4.92. The van der Waals surface area contributed by atoms with Gasteiger partial charge in [0.25, 0.3) is 0 Å². The minimum atomic E-state index is -0.0860. The minimum Gasteiger partial charge on any atom is -0.332 e. The Hall–Kier alpha value is -2.32. The van der Waals surface area contributed by atoms with Gasteiger partial charge in [0, 0.05) is 16.2 Å². The van der Waals surface area contributed by atoms with Gasteiger partial charge in [-0.3, -0.25) is 0 Å². The van der Waals surface area contributed by atoms with Gasteiger partial charge >= 0.3 is 0 Å². The number of allylic oxidation sites excluding steroid dienone is 6. The molecule has 0 saturated heterocycles. The van der Waals surface area contributed by atoms with Crippen LogP contribution in [0.2, 0.25) is 0 Å². The van der Waals surface area contributed by atoms with E-state index < -0.39 is 0 Å². The zero-order valence-corrected chi connectivity index (χ0v) is 19.0. The van der Waals surface area contributed by atoms with E-state index in [0.717, 1.165) is 12.8 Å². The van der Waals surface area contributed by atoms with Crippen LogP contribution in [0.4, 0.5) is 11.4 Å². The molecule has 2 heteroatoms. The molecule has 2 aliphatic carbocycles. The topological polar surface area (TPSA) is 3.24 Å². The first-order valence-corrected chi connectivity index (χ1v) is 11.2. The summed E-state index contributed by atoms with van der Waals surface area (Å²) >= 11 is 3.78. The van der Waals surface area contributed by atoms with E-state index >= 15 is 0 Å². The second-order valence-electron chi connectivity index (χ2n) is 8.32. The van der Waals surface area contributed by atoms with E-state index in [1.165, 1.54) is 33.7 Å². The molecule has 2 atom stereocenters. The molecule has 0 aliphatic heterocycles. The Labute approximate surface area is 183 Å².